The summed E-state index contributed by atoms with van der Waals surface area (Å²) in [6.07, 6.45) is 3.08. The third-order valence-corrected chi connectivity index (χ3v) is 3.21. The predicted molar refractivity (Wildman–Crippen MR) is 69.2 cm³/mol. The van der Waals surface area contributed by atoms with Gasteiger partial charge in [0.2, 0.25) is 0 Å². The smallest absolute Gasteiger partial charge is 0.0635 e. The summed E-state index contributed by atoms with van der Waals surface area (Å²) in [5, 5.41) is 8.60. The summed E-state index contributed by atoms with van der Waals surface area (Å²) < 4.78 is 0. The second-order valence-corrected chi connectivity index (χ2v) is 4.70. The van der Waals surface area contributed by atoms with Crippen LogP contribution in [0, 0.1) is 17.2 Å². The quantitative estimate of drug-likeness (QED) is 0.647. The van der Waals surface area contributed by atoms with Gasteiger partial charge in [0.15, 0.2) is 0 Å². The van der Waals surface area contributed by atoms with Gasteiger partial charge in [-0.1, -0.05) is 13.3 Å². The van der Waals surface area contributed by atoms with Crippen molar-refractivity contribution < 1.29 is 0 Å². The second kappa shape index (κ2) is 9.06. The lowest BCUT2D eigenvalue weighted by Crippen LogP contribution is -2.36. The largest absolute Gasteiger partial charge is 0.300 e. The molecule has 3 heteroatoms. The zero-order chi connectivity index (χ0) is 11.7. The van der Waals surface area contributed by atoms with Crippen molar-refractivity contribution in [3.8, 4) is 6.07 Å². The van der Waals surface area contributed by atoms with Gasteiger partial charge in [-0.3, -0.25) is 4.90 Å². The van der Waals surface area contributed by atoms with E-state index >= 15 is 0 Å². The molecule has 88 valence electrons. The zero-order valence-corrected chi connectivity index (χ0v) is 11.1. The lowest BCUT2D eigenvalue weighted by Gasteiger charge is -2.29. The number of thiol groups is 1. The Morgan fingerprint density at radius 3 is 2.47 bits per heavy atom. The maximum Gasteiger partial charge on any atom is 0.0635 e. The van der Waals surface area contributed by atoms with Crippen molar-refractivity contribution in [2.24, 2.45) is 5.92 Å². The molecule has 0 heterocycles. The summed E-state index contributed by atoms with van der Waals surface area (Å²) in [5.74, 6) is 1.61. The second-order valence-electron chi connectivity index (χ2n) is 4.33. The maximum atomic E-state index is 8.60. The predicted octanol–water partition coefficient (Wildman–Crippen LogP) is 2.96. The lowest BCUT2D eigenvalue weighted by molar-refractivity contribution is 0.194. The van der Waals surface area contributed by atoms with E-state index in [2.05, 4.69) is 44.4 Å². The molecule has 0 amide bonds. The Balaban J connectivity index is 4.07. The first-order valence-electron chi connectivity index (χ1n) is 5.87. The van der Waals surface area contributed by atoms with Gasteiger partial charge < -0.3 is 0 Å². The summed E-state index contributed by atoms with van der Waals surface area (Å²) in [6.45, 7) is 8.57. The van der Waals surface area contributed by atoms with E-state index in [1.165, 1.54) is 12.8 Å². The number of nitrogens with zero attached hydrogens (tertiary/aromatic N) is 2. The van der Waals surface area contributed by atoms with Gasteiger partial charge in [0, 0.05) is 25.6 Å². The van der Waals surface area contributed by atoms with Gasteiger partial charge in [0.1, 0.15) is 0 Å². The fraction of sp³-hybridized carbons (Fsp3) is 0.917. The van der Waals surface area contributed by atoms with E-state index in [4.69, 9.17) is 5.26 Å². The van der Waals surface area contributed by atoms with Crippen molar-refractivity contribution >= 4 is 12.6 Å². The van der Waals surface area contributed by atoms with Crippen molar-refractivity contribution in [1.82, 2.24) is 4.90 Å². The highest BCUT2D eigenvalue weighted by molar-refractivity contribution is 7.80. The van der Waals surface area contributed by atoms with E-state index in [-0.39, 0.29) is 0 Å². The Morgan fingerprint density at radius 1 is 1.40 bits per heavy atom. The molecule has 0 radical (unpaired) electrons. The van der Waals surface area contributed by atoms with Crippen LogP contribution in [0.2, 0.25) is 0 Å². The number of hydrogen-bond donors (Lipinski definition) is 1. The molecule has 0 spiro atoms. The summed E-state index contributed by atoms with van der Waals surface area (Å²) in [4.78, 5) is 2.39. The molecule has 0 aliphatic heterocycles. The molecule has 0 rings (SSSR count). The minimum atomic E-state index is 0.526. The van der Waals surface area contributed by atoms with E-state index < -0.39 is 0 Å². The van der Waals surface area contributed by atoms with Crippen LogP contribution >= 0.6 is 12.6 Å². The molecule has 0 aromatic heterocycles. The minimum absolute atomic E-state index is 0.526. The molecule has 0 bridgehead atoms. The molecule has 0 aromatic carbocycles. The fourth-order valence-corrected chi connectivity index (χ4v) is 2.03. The number of nitriles is 1. The van der Waals surface area contributed by atoms with E-state index in [1.807, 2.05) is 0 Å². The topological polar surface area (TPSA) is 27.0 Å². The third-order valence-electron chi connectivity index (χ3n) is 2.69. The van der Waals surface area contributed by atoms with Crippen LogP contribution in [-0.4, -0.2) is 29.8 Å². The van der Waals surface area contributed by atoms with Crippen molar-refractivity contribution in [1.29, 1.82) is 5.26 Å². The third kappa shape index (κ3) is 6.81. The molecule has 0 aliphatic rings. The summed E-state index contributed by atoms with van der Waals surface area (Å²) in [6, 6.07) is 2.74. The zero-order valence-electron chi connectivity index (χ0n) is 10.2. The highest BCUT2D eigenvalue weighted by Crippen LogP contribution is 2.12. The highest BCUT2D eigenvalue weighted by Gasteiger charge is 2.14. The standard InChI is InChI=1S/C12H24N2S/c1-4-6-12(10-15)9-14(11(2)3)8-5-7-13/h11-12,15H,4-6,8-10H2,1-3H3. The molecule has 0 N–H and O–H groups in total. The molecule has 0 saturated carbocycles. The highest BCUT2D eigenvalue weighted by atomic mass is 32.1. The molecular formula is C12H24N2S. The van der Waals surface area contributed by atoms with Crippen molar-refractivity contribution in [2.75, 3.05) is 18.8 Å². The molecule has 15 heavy (non-hydrogen) atoms. The van der Waals surface area contributed by atoms with Crippen molar-refractivity contribution in [3.63, 3.8) is 0 Å². The molecule has 0 aromatic rings. The van der Waals surface area contributed by atoms with Crippen LogP contribution in [-0.2, 0) is 0 Å². The average Bonchev–Trinajstić information content (AvgIpc) is 2.22. The van der Waals surface area contributed by atoms with Crippen LogP contribution in [0.1, 0.15) is 40.0 Å². The molecular weight excluding hydrogens is 204 g/mol. The summed E-state index contributed by atoms with van der Waals surface area (Å²) >= 11 is 4.39. The molecule has 0 aliphatic carbocycles. The molecule has 2 nitrogen and oxygen atoms in total. The van der Waals surface area contributed by atoms with Gasteiger partial charge in [-0.05, 0) is 31.9 Å². The van der Waals surface area contributed by atoms with E-state index in [0.29, 0.717) is 18.4 Å². The van der Waals surface area contributed by atoms with E-state index in [9.17, 15) is 0 Å². The molecule has 1 unspecified atom stereocenters. The number of hydrogen-bond acceptors (Lipinski definition) is 3. The van der Waals surface area contributed by atoms with Crippen LogP contribution in [0.25, 0.3) is 0 Å². The van der Waals surface area contributed by atoms with Crippen LogP contribution < -0.4 is 0 Å². The van der Waals surface area contributed by atoms with Gasteiger partial charge in [-0.2, -0.15) is 17.9 Å². The van der Waals surface area contributed by atoms with Crippen molar-refractivity contribution in [2.45, 2.75) is 46.1 Å². The molecule has 1 atom stereocenters. The Bertz CT molecular complexity index is 187. The Kier molecular flexibility index (Phi) is 8.94. The van der Waals surface area contributed by atoms with Gasteiger partial charge in [0.05, 0.1) is 6.07 Å². The average molecular weight is 228 g/mol. The Morgan fingerprint density at radius 2 is 2.07 bits per heavy atom. The van der Waals surface area contributed by atoms with Crippen LogP contribution in [0.5, 0.6) is 0 Å². The first kappa shape index (κ1) is 14.8. The van der Waals surface area contributed by atoms with E-state index in [0.717, 1.165) is 18.8 Å². The monoisotopic (exact) mass is 228 g/mol. The van der Waals surface area contributed by atoms with Crippen LogP contribution in [0.15, 0.2) is 0 Å². The Labute approximate surface area is 100 Å². The lowest BCUT2D eigenvalue weighted by atomic mass is 10.0. The SMILES string of the molecule is CCCC(CS)CN(CCC#N)C(C)C. The first-order valence-corrected chi connectivity index (χ1v) is 6.50. The maximum absolute atomic E-state index is 8.60. The van der Waals surface area contributed by atoms with Crippen LogP contribution in [0.3, 0.4) is 0 Å². The fourth-order valence-electron chi connectivity index (χ4n) is 1.73. The van der Waals surface area contributed by atoms with Crippen molar-refractivity contribution in [3.05, 3.63) is 0 Å². The normalized spacial score (nSPS) is 13.1. The first-order chi connectivity index (χ1) is 7.15. The van der Waals surface area contributed by atoms with Crippen LogP contribution in [0.4, 0.5) is 0 Å². The van der Waals surface area contributed by atoms with Gasteiger partial charge in [-0.15, -0.1) is 0 Å². The number of rotatable bonds is 8. The van der Waals surface area contributed by atoms with E-state index in [1.54, 1.807) is 0 Å². The van der Waals surface area contributed by atoms with Gasteiger partial charge in [-0.25, -0.2) is 0 Å². The minimum Gasteiger partial charge on any atom is -0.300 e. The molecule has 0 saturated heterocycles. The summed E-state index contributed by atoms with van der Waals surface area (Å²) in [7, 11) is 0. The van der Waals surface area contributed by atoms with Gasteiger partial charge >= 0.3 is 0 Å². The Hall–Kier alpha value is -0.200. The summed E-state index contributed by atoms with van der Waals surface area (Å²) in [5.41, 5.74) is 0. The molecule has 0 fully saturated rings. The van der Waals surface area contributed by atoms with Gasteiger partial charge in [0.25, 0.3) is 0 Å².